The van der Waals surface area contributed by atoms with Gasteiger partial charge >= 0.3 is 5.97 Å². The van der Waals surface area contributed by atoms with E-state index in [1.807, 2.05) is 0 Å². The summed E-state index contributed by atoms with van der Waals surface area (Å²) in [5, 5.41) is 12.5. The first-order chi connectivity index (χ1) is 13.9. The quantitative estimate of drug-likeness (QED) is 0.305. The SMILES string of the molecule is CCCNc1nc(SC(C)C)nc2c1cnn2CCNC(=O)CCC(=O)OCC. The Labute approximate surface area is 175 Å². The van der Waals surface area contributed by atoms with Crippen molar-refractivity contribution in [3.63, 3.8) is 0 Å². The number of anilines is 1. The molecule has 29 heavy (non-hydrogen) atoms. The number of carbonyl (C=O) groups is 2. The summed E-state index contributed by atoms with van der Waals surface area (Å²) in [5.41, 5.74) is 0.738. The van der Waals surface area contributed by atoms with Gasteiger partial charge in [-0.2, -0.15) is 5.10 Å². The number of esters is 1. The van der Waals surface area contributed by atoms with E-state index in [1.165, 1.54) is 0 Å². The smallest absolute Gasteiger partial charge is 0.306 e. The number of aromatic nitrogens is 4. The van der Waals surface area contributed by atoms with E-state index in [9.17, 15) is 9.59 Å². The molecule has 160 valence electrons. The zero-order chi connectivity index (χ0) is 21.2. The highest BCUT2D eigenvalue weighted by Crippen LogP contribution is 2.26. The molecule has 2 aromatic heterocycles. The monoisotopic (exact) mass is 422 g/mol. The summed E-state index contributed by atoms with van der Waals surface area (Å²) in [7, 11) is 0. The van der Waals surface area contributed by atoms with E-state index in [1.54, 1.807) is 29.6 Å². The molecule has 0 aliphatic rings. The van der Waals surface area contributed by atoms with Crippen LogP contribution in [0.15, 0.2) is 11.4 Å². The Bertz CT molecular complexity index is 824. The Hall–Kier alpha value is -2.36. The van der Waals surface area contributed by atoms with Gasteiger partial charge in [0.05, 0.1) is 31.2 Å². The maximum atomic E-state index is 11.9. The number of nitrogens with zero attached hydrogens (tertiary/aromatic N) is 4. The van der Waals surface area contributed by atoms with E-state index < -0.39 is 0 Å². The van der Waals surface area contributed by atoms with E-state index in [4.69, 9.17) is 4.74 Å². The lowest BCUT2D eigenvalue weighted by Gasteiger charge is -2.10. The van der Waals surface area contributed by atoms with Crippen molar-refractivity contribution in [3.05, 3.63) is 6.20 Å². The zero-order valence-electron chi connectivity index (χ0n) is 17.5. The first-order valence-electron chi connectivity index (χ1n) is 10.0. The number of fused-ring (bicyclic) bond motifs is 1. The van der Waals surface area contributed by atoms with E-state index in [0.717, 1.165) is 29.8 Å². The van der Waals surface area contributed by atoms with Crippen LogP contribution in [0.5, 0.6) is 0 Å². The molecule has 0 saturated heterocycles. The van der Waals surface area contributed by atoms with E-state index in [-0.39, 0.29) is 24.7 Å². The summed E-state index contributed by atoms with van der Waals surface area (Å²) >= 11 is 1.60. The van der Waals surface area contributed by atoms with Crippen LogP contribution in [0.2, 0.25) is 0 Å². The van der Waals surface area contributed by atoms with Crippen LogP contribution in [-0.2, 0) is 20.9 Å². The number of hydrogen-bond donors (Lipinski definition) is 2. The van der Waals surface area contributed by atoms with Crippen LogP contribution in [0.3, 0.4) is 0 Å². The lowest BCUT2D eigenvalue weighted by Crippen LogP contribution is -2.28. The van der Waals surface area contributed by atoms with Gasteiger partial charge in [0.1, 0.15) is 5.82 Å². The highest BCUT2D eigenvalue weighted by atomic mass is 32.2. The zero-order valence-corrected chi connectivity index (χ0v) is 18.3. The highest BCUT2D eigenvalue weighted by Gasteiger charge is 2.14. The fraction of sp³-hybridized carbons (Fsp3) is 0.632. The van der Waals surface area contributed by atoms with Gasteiger partial charge in [0.25, 0.3) is 0 Å². The van der Waals surface area contributed by atoms with Crippen molar-refractivity contribution in [3.8, 4) is 0 Å². The first kappa shape index (κ1) is 22.9. The average Bonchev–Trinajstić information content (AvgIpc) is 3.07. The van der Waals surface area contributed by atoms with Crippen LogP contribution in [0, 0.1) is 0 Å². The van der Waals surface area contributed by atoms with Crippen LogP contribution < -0.4 is 10.6 Å². The molecule has 2 aromatic rings. The molecule has 9 nitrogen and oxygen atoms in total. The number of rotatable bonds is 12. The predicted molar refractivity (Wildman–Crippen MR) is 114 cm³/mol. The van der Waals surface area contributed by atoms with E-state index >= 15 is 0 Å². The summed E-state index contributed by atoms with van der Waals surface area (Å²) in [6, 6.07) is 0. The standard InChI is InChI=1S/C19H30N6O3S/c1-5-9-21-17-14-12-22-25(18(14)24-19(23-17)29-13(3)4)11-10-20-15(26)7-8-16(27)28-6-2/h12-13H,5-11H2,1-4H3,(H,20,26)(H,21,23,24). The van der Waals surface area contributed by atoms with Crippen molar-refractivity contribution < 1.29 is 14.3 Å². The molecule has 2 N–H and O–H groups in total. The normalized spacial score (nSPS) is 11.1. The summed E-state index contributed by atoms with van der Waals surface area (Å²) in [4.78, 5) is 32.5. The average molecular weight is 423 g/mol. The van der Waals surface area contributed by atoms with Gasteiger partial charge in [0.15, 0.2) is 10.8 Å². The molecule has 0 radical (unpaired) electrons. The molecule has 0 bridgehead atoms. The third-order valence-corrected chi connectivity index (χ3v) is 4.73. The van der Waals surface area contributed by atoms with Gasteiger partial charge in [-0.1, -0.05) is 32.5 Å². The predicted octanol–water partition coefficient (Wildman–Crippen LogP) is 2.61. The molecule has 10 heteroatoms. The van der Waals surface area contributed by atoms with Crippen molar-refractivity contribution in [2.45, 2.75) is 63.9 Å². The Morgan fingerprint density at radius 3 is 2.69 bits per heavy atom. The molecule has 0 aromatic carbocycles. The second-order valence-electron chi connectivity index (χ2n) is 6.71. The number of hydrogen-bond acceptors (Lipinski definition) is 8. The van der Waals surface area contributed by atoms with Crippen molar-refractivity contribution in [1.82, 2.24) is 25.1 Å². The summed E-state index contributed by atoms with van der Waals surface area (Å²) in [6.45, 7) is 10.0. The molecule has 0 atom stereocenters. The van der Waals surface area contributed by atoms with Gasteiger partial charge in [-0.25, -0.2) is 14.6 Å². The molecule has 2 heterocycles. The number of thioether (sulfide) groups is 1. The lowest BCUT2D eigenvalue weighted by atomic mass is 10.3. The fourth-order valence-electron chi connectivity index (χ4n) is 2.58. The second kappa shape index (κ2) is 11.6. The highest BCUT2D eigenvalue weighted by molar-refractivity contribution is 7.99. The minimum Gasteiger partial charge on any atom is -0.466 e. The molecule has 0 spiro atoms. The largest absolute Gasteiger partial charge is 0.466 e. The molecule has 0 saturated carbocycles. The fourth-order valence-corrected chi connectivity index (χ4v) is 3.28. The van der Waals surface area contributed by atoms with Crippen LogP contribution in [0.4, 0.5) is 5.82 Å². The molecule has 0 aliphatic heterocycles. The minimum absolute atomic E-state index is 0.0832. The summed E-state index contributed by atoms with van der Waals surface area (Å²) < 4.78 is 6.59. The molecule has 0 unspecified atom stereocenters. The van der Waals surface area contributed by atoms with Crippen molar-refractivity contribution in [2.75, 3.05) is 25.0 Å². The van der Waals surface area contributed by atoms with Gasteiger partial charge in [0.2, 0.25) is 5.91 Å². The van der Waals surface area contributed by atoms with Gasteiger partial charge < -0.3 is 15.4 Å². The van der Waals surface area contributed by atoms with Gasteiger partial charge in [-0.15, -0.1) is 0 Å². The van der Waals surface area contributed by atoms with Gasteiger partial charge in [0, 0.05) is 24.8 Å². The van der Waals surface area contributed by atoms with Crippen molar-refractivity contribution in [1.29, 1.82) is 0 Å². The van der Waals surface area contributed by atoms with Crippen molar-refractivity contribution in [2.24, 2.45) is 0 Å². The molecular formula is C19H30N6O3S. The first-order valence-corrected chi connectivity index (χ1v) is 10.9. The number of amides is 1. The number of ether oxygens (including phenoxy) is 1. The molecule has 0 aliphatic carbocycles. The Morgan fingerprint density at radius 1 is 1.21 bits per heavy atom. The van der Waals surface area contributed by atoms with Gasteiger partial charge in [-0.05, 0) is 13.3 Å². The topological polar surface area (TPSA) is 111 Å². The van der Waals surface area contributed by atoms with E-state index in [0.29, 0.717) is 30.1 Å². The number of nitrogens with one attached hydrogen (secondary N) is 2. The van der Waals surface area contributed by atoms with Gasteiger partial charge in [-0.3, -0.25) is 9.59 Å². The second-order valence-corrected chi connectivity index (χ2v) is 8.25. The Morgan fingerprint density at radius 2 is 2.00 bits per heavy atom. The summed E-state index contributed by atoms with van der Waals surface area (Å²) in [5.74, 6) is 0.231. The third kappa shape index (κ3) is 7.19. The Kier molecular flexibility index (Phi) is 9.17. The number of carbonyl (C=O) groups excluding carboxylic acids is 2. The van der Waals surface area contributed by atoms with Crippen LogP contribution in [0.25, 0.3) is 11.0 Å². The Balaban J connectivity index is 2.03. The maximum absolute atomic E-state index is 11.9. The maximum Gasteiger partial charge on any atom is 0.306 e. The molecule has 1 amide bonds. The lowest BCUT2D eigenvalue weighted by molar-refractivity contribution is -0.144. The molecule has 2 rings (SSSR count). The minimum atomic E-state index is -0.361. The summed E-state index contributed by atoms with van der Waals surface area (Å²) in [6.07, 6.45) is 2.94. The van der Waals surface area contributed by atoms with Crippen LogP contribution >= 0.6 is 11.8 Å². The van der Waals surface area contributed by atoms with E-state index in [2.05, 4.69) is 46.5 Å². The molecular weight excluding hydrogens is 392 g/mol. The molecule has 0 fully saturated rings. The third-order valence-electron chi connectivity index (χ3n) is 3.87. The van der Waals surface area contributed by atoms with Crippen LogP contribution in [-0.4, -0.2) is 56.6 Å². The van der Waals surface area contributed by atoms with Crippen molar-refractivity contribution >= 4 is 40.5 Å². The van der Waals surface area contributed by atoms with Crippen LogP contribution in [0.1, 0.15) is 47.0 Å².